The molecule has 24 heavy (non-hydrogen) atoms. The largest absolute Gasteiger partial charge is 0.388 e. The lowest BCUT2D eigenvalue weighted by atomic mass is 10.0. The third-order valence-corrected chi connectivity index (χ3v) is 4.59. The van der Waals surface area contributed by atoms with Crippen LogP contribution in [0.25, 0.3) is 11.0 Å². The van der Waals surface area contributed by atoms with Gasteiger partial charge in [0, 0.05) is 29.4 Å². The van der Waals surface area contributed by atoms with Gasteiger partial charge in [-0.1, -0.05) is 6.07 Å². The maximum atomic E-state index is 12.5. The standard InChI is InChI=1S/C18H18N4O2/c23-10-16-21-13-5-4-12(9-14(13)22-16)17(24)20-11-18(6-7-18)15-3-1-2-8-19-15/h1-5,8-9,23H,6-7,10-11H2,(H,20,24)(H,21,22). The smallest absolute Gasteiger partial charge is 0.251 e. The van der Waals surface area contributed by atoms with Crippen LogP contribution in [-0.4, -0.2) is 32.5 Å². The Kier molecular flexibility index (Phi) is 3.54. The highest BCUT2D eigenvalue weighted by atomic mass is 16.3. The maximum Gasteiger partial charge on any atom is 0.251 e. The molecule has 2 aromatic heterocycles. The van der Waals surface area contributed by atoms with Crippen molar-refractivity contribution in [2.75, 3.05) is 6.54 Å². The van der Waals surface area contributed by atoms with Crippen molar-refractivity contribution in [3.63, 3.8) is 0 Å². The average molecular weight is 322 g/mol. The molecule has 4 rings (SSSR count). The number of hydrogen-bond acceptors (Lipinski definition) is 4. The van der Waals surface area contributed by atoms with Crippen molar-refractivity contribution in [2.45, 2.75) is 24.9 Å². The number of hydrogen-bond donors (Lipinski definition) is 3. The second-order valence-corrected chi connectivity index (χ2v) is 6.25. The summed E-state index contributed by atoms with van der Waals surface area (Å²) in [7, 11) is 0. The second kappa shape index (κ2) is 5.72. The highest BCUT2D eigenvalue weighted by Gasteiger charge is 2.45. The first-order valence-corrected chi connectivity index (χ1v) is 7.99. The minimum atomic E-state index is -0.150. The van der Waals surface area contributed by atoms with Crippen LogP contribution in [0, 0.1) is 0 Å². The van der Waals surface area contributed by atoms with E-state index in [9.17, 15) is 4.79 Å². The lowest BCUT2D eigenvalue weighted by molar-refractivity contribution is 0.0949. The lowest BCUT2D eigenvalue weighted by Gasteiger charge is -2.15. The zero-order chi connectivity index (χ0) is 16.6. The average Bonchev–Trinajstić information content (AvgIpc) is 3.31. The van der Waals surface area contributed by atoms with Crippen molar-refractivity contribution in [3.8, 4) is 0 Å². The molecule has 0 saturated heterocycles. The predicted octanol–water partition coefficient (Wildman–Crippen LogP) is 1.91. The van der Waals surface area contributed by atoms with E-state index in [1.807, 2.05) is 18.2 Å². The number of nitrogens with zero attached hydrogens (tertiary/aromatic N) is 2. The first kappa shape index (κ1) is 14.8. The van der Waals surface area contributed by atoms with Gasteiger partial charge in [0.05, 0.1) is 11.0 Å². The normalized spacial score (nSPS) is 15.4. The van der Waals surface area contributed by atoms with Crippen LogP contribution >= 0.6 is 0 Å². The summed E-state index contributed by atoms with van der Waals surface area (Å²) in [4.78, 5) is 24.1. The summed E-state index contributed by atoms with van der Waals surface area (Å²) in [6.45, 7) is 0.439. The molecule has 2 heterocycles. The van der Waals surface area contributed by atoms with Crippen molar-refractivity contribution < 1.29 is 9.90 Å². The molecule has 6 heteroatoms. The predicted molar refractivity (Wildman–Crippen MR) is 89.5 cm³/mol. The molecule has 1 saturated carbocycles. The fraction of sp³-hybridized carbons (Fsp3) is 0.278. The van der Waals surface area contributed by atoms with Crippen LogP contribution in [0.15, 0.2) is 42.6 Å². The molecule has 122 valence electrons. The van der Waals surface area contributed by atoms with Crippen molar-refractivity contribution in [1.29, 1.82) is 0 Å². The van der Waals surface area contributed by atoms with E-state index in [0.717, 1.165) is 29.6 Å². The maximum absolute atomic E-state index is 12.5. The third-order valence-electron chi connectivity index (χ3n) is 4.59. The van der Waals surface area contributed by atoms with Gasteiger partial charge in [0.15, 0.2) is 0 Å². The minimum absolute atomic E-state index is 0.0148. The van der Waals surface area contributed by atoms with E-state index in [1.54, 1.807) is 24.4 Å². The summed E-state index contributed by atoms with van der Waals surface area (Å²) < 4.78 is 0. The number of fused-ring (bicyclic) bond motifs is 1. The van der Waals surface area contributed by atoms with E-state index in [4.69, 9.17) is 5.11 Å². The topological polar surface area (TPSA) is 90.9 Å². The van der Waals surface area contributed by atoms with Gasteiger partial charge >= 0.3 is 0 Å². The molecule has 6 nitrogen and oxygen atoms in total. The fourth-order valence-electron chi connectivity index (χ4n) is 2.98. The van der Waals surface area contributed by atoms with Crippen molar-refractivity contribution in [3.05, 3.63) is 59.7 Å². The molecule has 0 atom stereocenters. The number of carbonyl (C=O) groups excluding carboxylic acids is 1. The molecule has 0 bridgehead atoms. The van der Waals surface area contributed by atoms with E-state index < -0.39 is 0 Å². The first-order chi connectivity index (χ1) is 11.7. The number of carbonyl (C=O) groups is 1. The number of aliphatic hydroxyl groups excluding tert-OH is 1. The Morgan fingerprint density at radius 2 is 2.17 bits per heavy atom. The van der Waals surface area contributed by atoms with E-state index >= 15 is 0 Å². The molecule has 0 spiro atoms. The Hall–Kier alpha value is -2.73. The molecule has 3 N–H and O–H groups in total. The quantitative estimate of drug-likeness (QED) is 0.669. The highest BCUT2D eigenvalue weighted by molar-refractivity contribution is 5.97. The molecule has 1 aliphatic rings. The van der Waals surface area contributed by atoms with Crippen molar-refractivity contribution in [2.24, 2.45) is 0 Å². The van der Waals surface area contributed by atoms with Gasteiger partial charge in [0.1, 0.15) is 12.4 Å². The number of benzene rings is 1. The molecular weight excluding hydrogens is 304 g/mol. The van der Waals surface area contributed by atoms with Gasteiger partial charge in [-0.25, -0.2) is 4.98 Å². The van der Waals surface area contributed by atoms with Crippen LogP contribution < -0.4 is 5.32 Å². The fourth-order valence-corrected chi connectivity index (χ4v) is 2.98. The molecule has 0 unspecified atom stereocenters. The zero-order valence-electron chi connectivity index (χ0n) is 13.1. The number of nitrogens with one attached hydrogen (secondary N) is 2. The summed E-state index contributed by atoms with van der Waals surface area (Å²) in [6.07, 6.45) is 3.88. The summed E-state index contributed by atoms with van der Waals surface area (Å²) in [5.74, 6) is 0.383. The molecule has 3 aromatic rings. The number of pyridine rings is 1. The summed E-state index contributed by atoms with van der Waals surface area (Å²) in [6, 6.07) is 11.2. The third kappa shape index (κ3) is 2.65. The minimum Gasteiger partial charge on any atom is -0.388 e. The van der Waals surface area contributed by atoms with E-state index in [0.29, 0.717) is 17.9 Å². The van der Waals surface area contributed by atoms with Crippen LogP contribution in [0.1, 0.15) is 34.7 Å². The number of imidazole rings is 1. The molecule has 1 fully saturated rings. The molecule has 1 aliphatic carbocycles. The van der Waals surface area contributed by atoms with E-state index in [2.05, 4.69) is 20.3 Å². The van der Waals surface area contributed by atoms with E-state index in [1.165, 1.54) is 0 Å². The Labute approximate surface area is 139 Å². The van der Waals surface area contributed by atoms with Crippen molar-refractivity contribution >= 4 is 16.9 Å². The van der Waals surface area contributed by atoms with Crippen LogP contribution in [-0.2, 0) is 12.0 Å². The van der Waals surface area contributed by atoms with Gasteiger partial charge < -0.3 is 15.4 Å². The first-order valence-electron chi connectivity index (χ1n) is 7.99. The molecular formula is C18H18N4O2. The second-order valence-electron chi connectivity index (χ2n) is 6.25. The number of aliphatic hydroxyl groups is 1. The molecule has 1 aromatic carbocycles. The number of H-pyrrole nitrogens is 1. The van der Waals surface area contributed by atoms with Crippen molar-refractivity contribution in [1.82, 2.24) is 20.3 Å². The number of amides is 1. The van der Waals surface area contributed by atoms with Crippen LogP contribution in [0.2, 0.25) is 0 Å². The molecule has 0 radical (unpaired) electrons. The molecule has 1 amide bonds. The van der Waals surface area contributed by atoms with Gasteiger partial charge in [0.2, 0.25) is 0 Å². The van der Waals surface area contributed by atoms with Crippen LogP contribution in [0.4, 0.5) is 0 Å². The Bertz CT molecular complexity index is 884. The van der Waals surface area contributed by atoms with Gasteiger partial charge in [0.25, 0.3) is 5.91 Å². The Balaban J connectivity index is 1.48. The Morgan fingerprint density at radius 3 is 2.88 bits per heavy atom. The summed E-state index contributed by atoms with van der Waals surface area (Å²) in [5, 5.41) is 12.2. The SMILES string of the molecule is O=C(NCC1(c2ccccn2)CC1)c1ccc2nc(CO)[nH]c2c1. The highest BCUT2D eigenvalue weighted by Crippen LogP contribution is 2.46. The summed E-state index contributed by atoms with van der Waals surface area (Å²) in [5.41, 5.74) is 3.09. The monoisotopic (exact) mass is 322 g/mol. The van der Waals surface area contributed by atoms with Crippen LogP contribution in [0.5, 0.6) is 0 Å². The number of aromatic nitrogens is 3. The lowest BCUT2D eigenvalue weighted by Crippen LogP contribution is -2.32. The Morgan fingerprint density at radius 1 is 1.29 bits per heavy atom. The van der Waals surface area contributed by atoms with Gasteiger partial charge in [-0.05, 0) is 43.2 Å². The van der Waals surface area contributed by atoms with Crippen LogP contribution in [0.3, 0.4) is 0 Å². The van der Waals surface area contributed by atoms with E-state index in [-0.39, 0.29) is 17.9 Å². The summed E-state index contributed by atoms with van der Waals surface area (Å²) >= 11 is 0. The van der Waals surface area contributed by atoms with Gasteiger partial charge in [-0.15, -0.1) is 0 Å². The molecule has 0 aliphatic heterocycles. The van der Waals surface area contributed by atoms with Gasteiger partial charge in [-0.2, -0.15) is 0 Å². The number of aromatic amines is 1. The number of rotatable bonds is 5. The van der Waals surface area contributed by atoms with Gasteiger partial charge in [-0.3, -0.25) is 9.78 Å². The zero-order valence-corrected chi connectivity index (χ0v) is 13.1.